The number of amidine groups is 1. The topological polar surface area (TPSA) is 67.7 Å². The van der Waals surface area contributed by atoms with Crippen molar-refractivity contribution in [3.63, 3.8) is 0 Å². The van der Waals surface area contributed by atoms with E-state index in [-0.39, 0.29) is 11.3 Å². The number of halogens is 1. The molecule has 1 fully saturated rings. The van der Waals surface area contributed by atoms with E-state index in [0.29, 0.717) is 10.9 Å². The van der Waals surface area contributed by atoms with E-state index in [1.165, 1.54) is 0 Å². The summed E-state index contributed by atoms with van der Waals surface area (Å²) >= 11 is 6.04. The number of aryl methyl sites for hydroxylation is 1. The van der Waals surface area contributed by atoms with Gasteiger partial charge in [-0.3, -0.25) is 10.1 Å². The summed E-state index contributed by atoms with van der Waals surface area (Å²) in [6.45, 7) is 2.07. The number of aromatic nitrogens is 2. The van der Waals surface area contributed by atoms with Gasteiger partial charge in [-0.05, 0) is 12.3 Å². The second-order valence-corrected chi connectivity index (χ2v) is 4.36. The molecular formula is C9H13ClN4. The van der Waals surface area contributed by atoms with Gasteiger partial charge in [-0.25, -0.2) is 0 Å². The molecule has 1 aromatic heterocycles. The molecular weight excluding hydrogens is 200 g/mol. The third kappa shape index (κ3) is 1.00. The van der Waals surface area contributed by atoms with Crippen LogP contribution in [0.15, 0.2) is 6.20 Å². The first kappa shape index (κ1) is 9.52. The zero-order valence-corrected chi connectivity index (χ0v) is 8.97. The first-order valence-electron chi connectivity index (χ1n) is 4.52. The molecule has 1 aliphatic carbocycles. The lowest BCUT2D eigenvalue weighted by Gasteiger charge is -2.15. The predicted molar refractivity (Wildman–Crippen MR) is 55.6 cm³/mol. The highest BCUT2D eigenvalue weighted by atomic mass is 35.5. The van der Waals surface area contributed by atoms with Crippen molar-refractivity contribution in [2.75, 3.05) is 0 Å². The molecule has 2 unspecified atom stereocenters. The van der Waals surface area contributed by atoms with Gasteiger partial charge in [0.15, 0.2) is 0 Å². The van der Waals surface area contributed by atoms with E-state index >= 15 is 0 Å². The van der Waals surface area contributed by atoms with E-state index in [0.717, 1.165) is 12.1 Å². The normalized spacial score (nSPS) is 30.4. The number of nitrogens with two attached hydrogens (primary N) is 1. The summed E-state index contributed by atoms with van der Waals surface area (Å²) in [6, 6.07) is 0. The molecule has 14 heavy (non-hydrogen) atoms. The van der Waals surface area contributed by atoms with Crippen LogP contribution in [0.1, 0.15) is 19.0 Å². The quantitative estimate of drug-likeness (QED) is 0.573. The summed E-state index contributed by atoms with van der Waals surface area (Å²) in [5.41, 5.74) is 6.15. The van der Waals surface area contributed by atoms with E-state index in [4.69, 9.17) is 22.7 Å². The van der Waals surface area contributed by atoms with Gasteiger partial charge in [0, 0.05) is 7.05 Å². The molecule has 0 amide bonds. The van der Waals surface area contributed by atoms with Crippen molar-refractivity contribution in [3.05, 3.63) is 16.9 Å². The first-order valence-corrected chi connectivity index (χ1v) is 4.90. The molecule has 76 valence electrons. The highest BCUT2D eigenvalue weighted by molar-refractivity contribution is 6.31. The van der Waals surface area contributed by atoms with Crippen molar-refractivity contribution in [2.45, 2.75) is 18.8 Å². The van der Waals surface area contributed by atoms with Crippen molar-refractivity contribution < 1.29 is 0 Å². The van der Waals surface area contributed by atoms with E-state index in [9.17, 15) is 0 Å². The summed E-state index contributed by atoms with van der Waals surface area (Å²) in [5.74, 6) is 0.573. The Balaban J connectivity index is 2.54. The Kier molecular flexibility index (Phi) is 1.86. The molecule has 1 heterocycles. The number of nitrogens with zero attached hydrogens (tertiary/aromatic N) is 2. The maximum atomic E-state index is 7.64. The van der Waals surface area contributed by atoms with Crippen LogP contribution in [0.25, 0.3) is 0 Å². The number of rotatable bonds is 2. The maximum absolute atomic E-state index is 7.64. The van der Waals surface area contributed by atoms with E-state index in [2.05, 4.69) is 12.0 Å². The lowest BCUT2D eigenvalue weighted by Crippen LogP contribution is -2.31. The third-order valence-electron chi connectivity index (χ3n) is 3.11. The van der Waals surface area contributed by atoms with Gasteiger partial charge in [0.2, 0.25) is 0 Å². The summed E-state index contributed by atoms with van der Waals surface area (Å²) in [6.07, 6.45) is 2.49. The molecule has 2 rings (SSSR count). The van der Waals surface area contributed by atoms with Gasteiger partial charge in [-0.2, -0.15) is 5.10 Å². The second-order valence-electron chi connectivity index (χ2n) is 3.95. The van der Waals surface area contributed by atoms with Crippen molar-refractivity contribution in [1.29, 1.82) is 5.41 Å². The first-order chi connectivity index (χ1) is 6.50. The van der Waals surface area contributed by atoms with Gasteiger partial charge in [0.05, 0.1) is 22.3 Å². The van der Waals surface area contributed by atoms with Crippen molar-refractivity contribution in [3.8, 4) is 0 Å². The highest BCUT2D eigenvalue weighted by Crippen LogP contribution is 2.55. The Morgan fingerprint density at radius 3 is 2.71 bits per heavy atom. The highest BCUT2D eigenvalue weighted by Gasteiger charge is 2.58. The standard InChI is InChI=1S/C9H13ClN4/c1-5-3-9(5,8(11)12)7-6(10)4-13-14(7)2/h4-5H,3H2,1-2H3,(H3,11,12). The van der Waals surface area contributed by atoms with E-state index in [1.807, 2.05) is 7.05 Å². The number of nitrogens with one attached hydrogen (secondary N) is 1. The molecule has 3 N–H and O–H groups in total. The zero-order chi connectivity index (χ0) is 10.5. The predicted octanol–water partition coefficient (Wildman–Crippen LogP) is 1.29. The Morgan fingerprint density at radius 2 is 2.43 bits per heavy atom. The molecule has 0 saturated heterocycles. The van der Waals surface area contributed by atoms with Gasteiger partial charge in [-0.15, -0.1) is 0 Å². The minimum atomic E-state index is -0.359. The van der Waals surface area contributed by atoms with Crippen LogP contribution < -0.4 is 5.73 Å². The fourth-order valence-corrected chi connectivity index (χ4v) is 2.50. The smallest absolute Gasteiger partial charge is 0.103 e. The van der Waals surface area contributed by atoms with Crippen molar-refractivity contribution >= 4 is 17.4 Å². The fourth-order valence-electron chi connectivity index (χ4n) is 2.17. The minimum absolute atomic E-state index is 0.190. The van der Waals surface area contributed by atoms with Crippen LogP contribution in [-0.2, 0) is 12.5 Å². The van der Waals surface area contributed by atoms with Crippen LogP contribution in [0.5, 0.6) is 0 Å². The van der Waals surface area contributed by atoms with Crippen LogP contribution in [-0.4, -0.2) is 15.6 Å². The molecule has 2 atom stereocenters. The Morgan fingerprint density at radius 1 is 1.86 bits per heavy atom. The van der Waals surface area contributed by atoms with Crippen LogP contribution in [0.3, 0.4) is 0 Å². The van der Waals surface area contributed by atoms with Gasteiger partial charge >= 0.3 is 0 Å². The van der Waals surface area contributed by atoms with E-state index < -0.39 is 0 Å². The van der Waals surface area contributed by atoms with Gasteiger partial charge in [-0.1, -0.05) is 18.5 Å². The second kappa shape index (κ2) is 2.73. The minimum Gasteiger partial charge on any atom is -0.387 e. The van der Waals surface area contributed by atoms with Gasteiger partial charge in [0.25, 0.3) is 0 Å². The molecule has 0 radical (unpaired) electrons. The maximum Gasteiger partial charge on any atom is 0.103 e. The third-order valence-corrected chi connectivity index (χ3v) is 3.38. The molecule has 5 heteroatoms. The van der Waals surface area contributed by atoms with Crippen molar-refractivity contribution in [2.24, 2.45) is 18.7 Å². The van der Waals surface area contributed by atoms with Gasteiger partial charge < -0.3 is 5.73 Å². The van der Waals surface area contributed by atoms with E-state index in [1.54, 1.807) is 10.9 Å². The average molecular weight is 213 g/mol. The Labute approximate surface area is 87.6 Å². The summed E-state index contributed by atoms with van der Waals surface area (Å²) in [7, 11) is 1.83. The van der Waals surface area contributed by atoms with Crippen LogP contribution in [0.4, 0.5) is 0 Å². The molecule has 4 nitrogen and oxygen atoms in total. The number of hydrogen-bond donors (Lipinski definition) is 2. The monoisotopic (exact) mass is 212 g/mol. The average Bonchev–Trinajstić information content (AvgIpc) is 2.64. The molecule has 1 aliphatic rings. The molecule has 1 saturated carbocycles. The lowest BCUT2D eigenvalue weighted by molar-refractivity contribution is 0.656. The molecule has 0 spiro atoms. The molecule has 0 aromatic carbocycles. The molecule has 0 aliphatic heterocycles. The number of hydrogen-bond acceptors (Lipinski definition) is 2. The lowest BCUT2D eigenvalue weighted by atomic mass is 9.98. The molecule has 0 bridgehead atoms. The van der Waals surface area contributed by atoms with Crippen LogP contribution in [0.2, 0.25) is 5.02 Å². The fraction of sp³-hybridized carbons (Fsp3) is 0.556. The zero-order valence-electron chi connectivity index (χ0n) is 8.21. The Bertz CT molecular complexity index is 378. The van der Waals surface area contributed by atoms with Crippen molar-refractivity contribution in [1.82, 2.24) is 9.78 Å². The van der Waals surface area contributed by atoms with Crippen LogP contribution in [0, 0.1) is 11.3 Å². The summed E-state index contributed by atoms with van der Waals surface area (Å²) in [5, 5.41) is 12.3. The SMILES string of the molecule is CC1CC1(C(=N)N)c1c(Cl)cnn1C. The Hall–Kier alpha value is -1.03. The van der Waals surface area contributed by atoms with Gasteiger partial charge in [0.1, 0.15) is 5.84 Å². The van der Waals surface area contributed by atoms with Crippen LogP contribution >= 0.6 is 11.6 Å². The summed E-state index contributed by atoms with van der Waals surface area (Å²) < 4.78 is 1.72. The summed E-state index contributed by atoms with van der Waals surface area (Å²) in [4.78, 5) is 0. The molecule has 1 aromatic rings. The largest absolute Gasteiger partial charge is 0.387 e.